The molecule has 0 saturated heterocycles. The van der Waals surface area contributed by atoms with Crippen LogP contribution in [0.15, 0.2) is 40.5 Å². The van der Waals surface area contributed by atoms with E-state index in [9.17, 15) is 9.59 Å². The van der Waals surface area contributed by atoms with E-state index < -0.39 is 0 Å². The highest BCUT2D eigenvalue weighted by Gasteiger charge is 2.35. The zero-order valence-corrected chi connectivity index (χ0v) is 14.2. The van der Waals surface area contributed by atoms with Gasteiger partial charge in [-0.1, -0.05) is 54.5 Å². The molecule has 1 aromatic carbocycles. The molecule has 0 radical (unpaired) electrons. The maximum atomic E-state index is 12.3. The Morgan fingerprint density at radius 2 is 1.96 bits per heavy atom. The fourth-order valence-corrected chi connectivity index (χ4v) is 4.21. The fraction of sp³-hybridized carbons (Fsp3) is 0.444. The summed E-state index contributed by atoms with van der Waals surface area (Å²) in [7, 11) is 0. The molecule has 2 aromatic rings. The van der Waals surface area contributed by atoms with E-state index in [1.165, 1.54) is 23.0 Å². The van der Waals surface area contributed by atoms with Gasteiger partial charge in [0, 0.05) is 23.0 Å². The van der Waals surface area contributed by atoms with Crippen LogP contribution >= 0.6 is 11.3 Å². The van der Waals surface area contributed by atoms with E-state index in [0.29, 0.717) is 6.54 Å². The van der Waals surface area contributed by atoms with E-state index in [2.05, 4.69) is 29.6 Å². The molecule has 1 heterocycles. The van der Waals surface area contributed by atoms with Gasteiger partial charge in [0.15, 0.2) is 0 Å². The molecule has 0 bridgehead atoms. The van der Waals surface area contributed by atoms with Gasteiger partial charge in [0.05, 0.1) is 0 Å². The third-order valence-electron chi connectivity index (χ3n) is 4.85. The van der Waals surface area contributed by atoms with E-state index in [1.54, 1.807) is 5.38 Å². The number of nitrogens with one attached hydrogen (secondary N) is 1. The number of hydrogen-bond donors (Lipinski definition) is 1. The van der Waals surface area contributed by atoms with E-state index in [0.717, 1.165) is 29.9 Å². The molecule has 1 aromatic heterocycles. The monoisotopic (exact) mass is 330 g/mol. The van der Waals surface area contributed by atoms with Gasteiger partial charge in [0.1, 0.15) is 6.54 Å². The highest BCUT2D eigenvalue weighted by molar-refractivity contribution is 7.07. The minimum absolute atomic E-state index is 0.0472. The molecule has 0 aliphatic heterocycles. The summed E-state index contributed by atoms with van der Waals surface area (Å²) in [5.41, 5.74) is 2.20. The largest absolute Gasteiger partial charge is 0.354 e. The molecule has 0 spiro atoms. The van der Waals surface area contributed by atoms with Crippen LogP contribution in [0.5, 0.6) is 0 Å². The lowest BCUT2D eigenvalue weighted by Crippen LogP contribution is -2.41. The van der Waals surface area contributed by atoms with E-state index in [-0.39, 0.29) is 22.7 Å². The SMILES string of the molecule is Cc1csc(=O)n1CC(=O)NCC1(c2ccccc2)CCCC1. The Hall–Kier alpha value is -1.88. The Morgan fingerprint density at radius 3 is 2.57 bits per heavy atom. The van der Waals surface area contributed by atoms with Gasteiger partial charge in [0.25, 0.3) is 0 Å². The Balaban J connectivity index is 1.68. The van der Waals surface area contributed by atoms with Crippen LogP contribution < -0.4 is 10.2 Å². The van der Waals surface area contributed by atoms with Crippen molar-refractivity contribution in [1.82, 2.24) is 9.88 Å². The molecule has 3 rings (SSSR count). The molecule has 4 nitrogen and oxygen atoms in total. The summed E-state index contributed by atoms with van der Waals surface area (Å²) in [6.45, 7) is 2.61. The lowest BCUT2D eigenvalue weighted by Gasteiger charge is -2.30. The molecule has 1 N–H and O–H groups in total. The summed E-state index contributed by atoms with van der Waals surface area (Å²) < 4.78 is 1.53. The average molecular weight is 330 g/mol. The molecular weight excluding hydrogens is 308 g/mol. The number of aryl methyl sites for hydroxylation is 1. The molecule has 0 unspecified atom stereocenters. The molecule has 1 aliphatic rings. The van der Waals surface area contributed by atoms with Gasteiger partial charge in [-0.25, -0.2) is 0 Å². The zero-order chi connectivity index (χ0) is 16.3. The minimum atomic E-state index is -0.0872. The highest BCUT2D eigenvalue weighted by atomic mass is 32.1. The molecule has 1 amide bonds. The molecule has 1 saturated carbocycles. The van der Waals surface area contributed by atoms with Crippen LogP contribution in [0.25, 0.3) is 0 Å². The van der Waals surface area contributed by atoms with Gasteiger partial charge < -0.3 is 5.32 Å². The van der Waals surface area contributed by atoms with Gasteiger partial charge in [-0.15, -0.1) is 0 Å². The van der Waals surface area contributed by atoms with Crippen molar-refractivity contribution in [2.24, 2.45) is 0 Å². The number of thiazole rings is 1. The first-order valence-electron chi connectivity index (χ1n) is 8.08. The van der Waals surface area contributed by atoms with Crippen molar-refractivity contribution in [3.05, 3.63) is 56.6 Å². The number of carbonyl (C=O) groups excluding carboxylic acids is 1. The molecule has 1 fully saturated rings. The summed E-state index contributed by atoms with van der Waals surface area (Å²) in [4.78, 5) is 23.9. The second-order valence-corrected chi connectivity index (χ2v) is 7.18. The van der Waals surface area contributed by atoms with Gasteiger partial charge >= 0.3 is 4.87 Å². The van der Waals surface area contributed by atoms with E-state index in [1.807, 2.05) is 13.0 Å². The summed E-state index contributed by atoms with van der Waals surface area (Å²) in [5, 5.41) is 4.85. The third-order valence-corrected chi connectivity index (χ3v) is 5.73. The van der Waals surface area contributed by atoms with Crippen molar-refractivity contribution in [1.29, 1.82) is 0 Å². The number of carbonyl (C=O) groups is 1. The van der Waals surface area contributed by atoms with Crippen molar-refractivity contribution >= 4 is 17.2 Å². The van der Waals surface area contributed by atoms with Crippen molar-refractivity contribution in [3.63, 3.8) is 0 Å². The number of rotatable bonds is 5. The first-order chi connectivity index (χ1) is 11.1. The van der Waals surface area contributed by atoms with Crippen LogP contribution in [-0.4, -0.2) is 17.0 Å². The van der Waals surface area contributed by atoms with Crippen LogP contribution in [0.4, 0.5) is 0 Å². The lowest BCUT2D eigenvalue weighted by atomic mass is 9.79. The molecule has 122 valence electrons. The number of nitrogens with zero attached hydrogens (tertiary/aromatic N) is 1. The minimum Gasteiger partial charge on any atom is -0.354 e. The van der Waals surface area contributed by atoms with Crippen molar-refractivity contribution < 1.29 is 4.79 Å². The lowest BCUT2D eigenvalue weighted by molar-refractivity contribution is -0.122. The van der Waals surface area contributed by atoms with Gasteiger partial charge in [-0.2, -0.15) is 0 Å². The number of hydrogen-bond acceptors (Lipinski definition) is 3. The Bertz CT molecular complexity index is 727. The Kier molecular flexibility index (Phi) is 4.66. The van der Waals surface area contributed by atoms with Crippen molar-refractivity contribution in [2.75, 3.05) is 6.54 Å². The summed E-state index contributed by atoms with van der Waals surface area (Å²) in [6.07, 6.45) is 4.62. The molecule has 5 heteroatoms. The zero-order valence-electron chi connectivity index (χ0n) is 13.4. The van der Waals surface area contributed by atoms with E-state index >= 15 is 0 Å². The van der Waals surface area contributed by atoms with Crippen LogP contribution in [0, 0.1) is 6.92 Å². The van der Waals surface area contributed by atoms with Crippen LogP contribution in [-0.2, 0) is 16.8 Å². The predicted molar refractivity (Wildman–Crippen MR) is 92.9 cm³/mol. The van der Waals surface area contributed by atoms with Crippen molar-refractivity contribution in [3.8, 4) is 0 Å². The Morgan fingerprint density at radius 1 is 1.26 bits per heavy atom. The van der Waals surface area contributed by atoms with Crippen LogP contribution in [0.1, 0.15) is 36.9 Å². The maximum absolute atomic E-state index is 12.3. The third kappa shape index (κ3) is 3.39. The molecule has 0 atom stereocenters. The first-order valence-corrected chi connectivity index (χ1v) is 8.96. The highest BCUT2D eigenvalue weighted by Crippen LogP contribution is 2.40. The predicted octanol–water partition coefficient (Wildman–Crippen LogP) is 2.85. The Labute approximate surface area is 140 Å². The van der Waals surface area contributed by atoms with Gasteiger partial charge in [-0.3, -0.25) is 14.2 Å². The summed E-state index contributed by atoms with van der Waals surface area (Å²) in [6, 6.07) is 10.5. The quantitative estimate of drug-likeness (QED) is 0.916. The second kappa shape index (κ2) is 6.71. The smallest absolute Gasteiger partial charge is 0.307 e. The summed E-state index contributed by atoms with van der Waals surface area (Å²) >= 11 is 1.14. The first kappa shape index (κ1) is 16.0. The normalized spacial score (nSPS) is 16.4. The van der Waals surface area contributed by atoms with Crippen LogP contribution in [0.2, 0.25) is 0 Å². The second-order valence-electron chi connectivity index (χ2n) is 6.36. The number of amides is 1. The van der Waals surface area contributed by atoms with Crippen molar-refractivity contribution in [2.45, 2.75) is 44.6 Å². The standard InChI is InChI=1S/C18H22N2O2S/c1-14-12-23-17(22)20(14)11-16(21)19-13-18(9-5-6-10-18)15-7-3-2-4-8-15/h2-4,7-8,12H,5-6,9-11,13H2,1H3,(H,19,21). The topological polar surface area (TPSA) is 51.1 Å². The van der Waals surface area contributed by atoms with Gasteiger partial charge in [0.2, 0.25) is 5.91 Å². The van der Waals surface area contributed by atoms with E-state index in [4.69, 9.17) is 0 Å². The van der Waals surface area contributed by atoms with Gasteiger partial charge in [-0.05, 0) is 25.3 Å². The average Bonchev–Trinajstić information content (AvgIpc) is 3.17. The maximum Gasteiger partial charge on any atom is 0.307 e. The number of aromatic nitrogens is 1. The summed E-state index contributed by atoms with van der Waals surface area (Å²) in [5.74, 6) is -0.0872. The molecule has 23 heavy (non-hydrogen) atoms. The molecule has 1 aliphatic carbocycles. The molecular formula is C18H22N2O2S. The fourth-order valence-electron chi connectivity index (χ4n) is 3.47. The number of benzene rings is 1. The van der Waals surface area contributed by atoms with Crippen LogP contribution in [0.3, 0.4) is 0 Å².